The number of rotatable bonds is 1. The van der Waals surface area contributed by atoms with Crippen LogP contribution >= 0.6 is 0 Å². The third-order valence-electron chi connectivity index (χ3n) is 2.25. The second-order valence-electron chi connectivity index (χ2n) is 3.02. The van der Waals surface area contributed by atoms with Crippen molar-refractivity contribution in [2.45, 2.75) is 25.7 Å². The zero-order valence-corrected chi connectivity index (χ0v) is 6.59. The minimum atomic E-state index is -1.17. The third kappa shape index (κ3) is 0.995. The van der Waals surface area contributed by atoms with Gasteiger partial charge in [-0.2, -0.15) is 5.10 Å². The van der Waals surface area contributed by atoms with E-state index in [9.17, 15) is 9.90 Å². The van der Waals surface area contributed by atoms with E-state index < -0.39 is 5.97 Å². The Morgan fingerprint density at radius 1 is 1.42 bits per heavy atom. The van der Waals surface area contributed by atoms with Crippen molar-refractivity contribution in [2.75, 3.05) is 0 Å². The van der Waals surface area contributed by atoms with Crippen LogP contribution < -0.4 is 5.11 Å². The Balaban J connectivity index is 2.44. The fourth-order valence-electron chi connectivity index (χ4n) is 1.65. The van der Waals surface area contributed by atoms with Crippen molar-refractivity contribution >= 4 is 5.97 Å². The second kappa shape index (κ2) is 2.62. The van der Waals surface area contributed by atoms with Gasteiger partial charge in [-0.1, -0.05) is 0 Å². The number of aromatic carboxylic acids is 1. The molecular weight excluding hydrogens is 156 g/mol. The molecular formula is C8H9N2O2-. The predicted molar refractivity (Wildman–Crippen MR) is 39.6 cm³/mol. The quantitative estimate of drug-likeness (QED) is 0.618. The minimum Gasteiger partial charge on any atom is -0.543 e. The number of aryl methyl sites for hydroxylation is 1. The number of carboxylic acid groups (broad SMARTS) is 1. The van der Waals surface area contributed by atoms with Gasteiger partial charge in [-0.25, -0.2) is 0 Å². The second-order valence-corrected chi connectivity index (χ2v) is 3.02. The number of carbonyl (C=O) groups is 1. The van der Waals surface area contributed by atoms with Gasteiger partial charge >= 0.3 is 0 Å². The van der Waals surface area contributed by atoms with E-state index in [1.165, 1.54) is 0 Å². The highest BCUT2D eigenvalue weighted by atomic mass is 16.4. The zero-order chi connectivity index (χ0) is 8.55. The van der Waals surface area contributed by atoms with Gasteiger partial charge in [0.05, 0.1) is 5.97 Å². The van der Waals surface area contributed by atoms with E-state index in [0.717, 1.165) is 36.9 Å². The lowest BCUT2D eigenvalue weighted by Gasteiger charge is -2.10. The molecule has 0 radical (unpaired) electrons. The molecule has 1 aromatic rings. The molecule has 64 valence electrons. The molecule has 4 heteroatoms. The van der Waals surface area contributed by atoms with Crippen molar-refractivity contribution < 1.29 is 9.90 Å². The number of carbonyl (C=O) groups excluding carboxylic acids is 1. The fraction of sp³-hybridized carbons (Fsp3) is 0.500. The summed E-state index contributed by atoms with van der Waals surface area (Å²) in [6.07, 6.45) is 3.89. The molecule has 0 bridgehead atoms. The number of nitrogens with one attached hydrogen (secondary N) is 1. The minimum absolute atomic E-state index is 0.102. The van der Waals surface area contributed by atoms with E-state index in [1.807, 2.05) is 0 Å². The van der Waals surface area contributed by atoms with Gasteiger partial charge in [0.15, 0.2) is 0 Å². The van der Waals surface area contributed by atoms with Crippen LogP contribution in [0.1, 0.15) is 34.6 Å². The standard InChI is InChI=1S/C8H10N2O2/c11-8(12)7-5-3-1-2-4-6(5)9-10-7/h1-4H2,(H,9,10)(H,11,12)/p-1. The van der Waals surface area contributed by atoms with Crippen molar-refractivity contribution in [1.82, 2.24) is 10.2 Å². The van der Waals surface area contributed by atoms with Crippen LogP contribution in [0.15, 0.2) is 0 Å². The van der Waals surface area contributed by atoms with Crippen LogP contribution in [0.3, 0.4) is 0 Å². The molecule has 1 aliphatic rings. The van der Waals surface area contributed by atoms with E-state index in [4.69, 9.17) is 0 Å². The summed E-state index contributed by atoms with van der Waals surface area (Å²) in [7, 11) is 0. The summed E-state index contributed by atoms with van der Waals surface area (Å²) >= 11 is 0. The highest BCUT2D eigenvalue weighted by Gasteiger charge is 2.16. The van der Waals surface area contributed by atoms with Crippen LogP contribution in [0.4, 0.5) is 0 Å². The molecule has 0 amide bonds. The van der Waals surface area contributed by atoms with Gasteiger partial charge in [0.1, 0.15) is 5.69 Å². The fourth-order valence-corrected chi connectivity index (χ4v) is 1.65. The maximum atomic E-state index is 10.5. The van der Waals surface area contributed by atoms with Crippen LogP contribution in [-0.4, -0.2) is 16.2 Å². The lowest BCUT2D eigenvalue weighted by molar-refractivity contribution is -0.255. The highest BCUT2D eigenvalue weighted by molar-refractivity contribution is 5.85. The monoisotopic (exact) mass is 165 g/mol. The number of carboxylic acids is 1. The molecule has 0 aliphatic heterocycles. The largest absolute Gasteiger partial charge is 0.543 e. The molecule has 0 saturated carbocycles. The first-order valence-corrected chi connectivity index (χ1v) is 4.06. The molecule has 2 rings (SSSR count). The van der Waals surface area contributed by atoms with Crippen LogP contribution in [0, 0.1) is 0 Å². The molecule has 0 spiro atoms. The van der Waals surface area contributed by atoms with Crippen LogP contribution in [0.2, 0.25) is 0 Å². The topological polar surface area (TPSA) is 68.8 Å². The summed E-state index contributed by atoms with van der Waals surface area (Å²) in [6, 6.07) is 0. The number of aromatic nitrogens is 2. The van der Waals surface area contributed by atoms with Crippen molar-refractivity contribution in [3.05, 3.63) is 17.0 Å². The summed E-state index contributed by atoms with van der Waals surface area (Å²) in [5, 5.41) is 17.0. The number of H-pyrrole nitrogens is 1. The number of hydrogen-bond acceptors (Lipinski definition) is 3. The SMILES string of the molecule is O=C([O-])c1n[nH]c2c1CCCC2. The Morgan fingerprint density at radius 3 is 2.92 bits per heavy atom. The van der Waals surface area contributed by atoms with Gasteiger partial charge in [0.2, 0.25) is 0 Å². The summed E-state index contributed by atoms with van der Waals surface area (Å²) in [4.78, 5) is 10.5. The average molecular weight is 165 g/mol. The Hall–Kier alpha value is -1.32. The van der Waals surface area contributed by atoms with Crippen molar-refractivity contribution in [3.8, 4) is 0 Å². The number of hydrogen-bond donors (Lipinski definition) is 1. The molecule has 0 atom stereocenters. The van der Waals surface area contributed by atoms with Gasteiger partial charge in [-0.05, 0) is 25.7 Å². The molecule has 1 N–H and O–H groups in total. The van der Waals surface area contributed by atoms with Crippen LogP contribution in [0.5, 0.6) is 0 Å². The molecule has 0 fully saturated rings. The highest BCUT2D eigenvalue weighted by Crippen LogP contribution is 2.21. The van der Waals surface area contributed by atoms with E-state index in [0.29, 0.717) is 0 Å². The molecule has 12 heavy (non-hydrogen) atoms. The van der Waals surface area contributed by atoms with Crippen molar-refractivity contribution in [1.29, 1.82) is 0 Å². The Kier molecular flexibility index (Phi) is 1.60. The molecule has 4 nitrogen and oxygen atoms in total. The van der Waals surface area contributed by atoms with E-state index in [2.05, 4.69) is 10.2 Å². The van der Waals surface area contributed by atoms with Crippen molar-refractivity contribution in [2.24, 2.45) is 0 Å². The first-order valence-electron chi connectivity index (χ1n) is 4.06. The lowest BCUT2D eigenvalue weighted by Crippen LogP contribution is -2.24. The number of nitrogens with zero attached hydrogens (tertiary/aromatic N) is 1. The maximum absolute atomic E-state index is 10.5. The lowest BCUT2D eigenvalue weighted by atomic mass is 9.96. The predicted octanol–water partition coefficient (Wildman–Crippen LogP) is -0.348. The summed E-state index contributed by atoms with van der Waals surface area (Å²) < 4.78 is 0. The first-order chi connectivity index (χ1) is 5.79. The number of aromatic amines is 1. The van der Waals surface area contributed by atoms with Gasteiger partial charge in [-0.15, -0.1) is 0 Å². The Morgan fingerprint density at radius 2 is 2.17 bits per heavy atom. The van der Waals surface area contributed by atoms with Gasteiger partial charge < -0.3 is 9.90 Å². The smallest absolute Gasteiger partial charge is 0.111 e. The third-order valence-corrected chi connectivity index (χ3v) is 2.25. The van der Waals surface area contributed by atoms with Crippen molar-refractivity contribution in [3.63, 3.8) is 0 Å². The number of fused-ring (bicyclic) bond motifs is 1. The van der Waals surface area contributed by atoms with Crippen LogP contribution in [-0.2, 0) is 12.8 Å². The van der Waals surface area contributed by atoms with E-state index >= 15 is 0 Å². The Bertz CT molecular complexity index is 317. The molecule has 1 aromatic heterocycles. The summed E-state index contributed by atoms with van der Waals surface area (Å²) in [5.74, 6) is -1.17. The molecule has 0 unspecified atom stereocenters. The Labute approximate surface area is 69.6 Å². The molecule has 1 aliphatic carbocycles. The summed E-state index contributed by atoms with van der Waals surface area (Å²) in [5.41, 5.74) is 1.92. The van der Waals surface area contributed by atoms with Gasteiger partial charge in [-0.3, -0.25) is 5.10 Å². The summed E-state index contributed by atoms with van der Waals surface area (Å²) in [6.45, 7) is 0. The first kappa shape index (κ1) is 7.34. The average Bonchev–Trinajstić information content (AvgIpc) is 2.47. The van der Waals surface area contributed by atoms with Gasteiger partial charge in [0.25, 0.3) is 0 Å². The zero-order valence-electron chi connectivity index (χ0n) is 6.59. The van der Waals surface area contributed by atoms with Gasteiger partial charge in [0, 0.05) is 11.3 Å². The molecule has 1 heterocycles. The maximum Gasteiger partial charge on any atom is 0.111 e. The molecule has 0 aromatic carbocycles. The normalized spacial score (nSPS) is 15.7. The van der Waals surface area contributed by atoms with E-state index in [-0.39, 0.29) is 5.69 Å². The van der Waals surface area contributed by atoms with Crippen LogP contribution in [0.25, 0.3) is 0 Å². The molecule has 0 saturated heterocycles. The van der Waals surface area contributed by atoms with E-state index in [1.54, 1.807) is 0 Å².